The van der Waals surface area contributed by atoms with Crippen LogP contribution in [0, 0.1) is 10.1 Å². The topological polar surface area (TPSA) is 121 Å². The summed E-state index contributed by atoms with van der Waals surface area (Å²) in [5, 5.41) is 15.2. The second kappa shape index (κ2) is 7.03. The Kier molecular flexibility index (Phi) is 4.81. The van der Waals surface area contributed by atoms with Crippen molar-refractivity contribution in [1.29, 1.82) is 0 Å². The lowest BCUT2D eigenvalue weighted by atomic mass is 10.3. The summed E-state index contributed by atoms with van der Waals surface area (Å²) in [5.74, 6) is 0. The quantitative estimate of drug-likeness (QED) is 0.463. The van der Waals surface area contributed by atoms with Crippen molar-refractivity contribution in [3.05, 3.63) is 52.3 Å². The van der Waals surface area contributed by atoms with Gasteiger partial charge < -0.3 is 4.98 Å². The molecule has 0 amide bonds. The molecule has 9 nitrogen and oxygen atoms in total. The average molecular weight is 363 g/mol. The fraction of sp³-hybridized carbons (Fsp3) is 0.267. The van der Waals surface area contributed by atoms with Crippen LogP contribution in [-0.4, -0.2) is 41.9 Å². The van der Waals surface area contributed by atoms with Crippen molar-refractivity contribution in [3.8, 4) is 0 Å². The molecule has 0 atom stereocenters. The van der Waals surface area contributed by atoms with E-state index in [9.17, 15) is 18.5 Å². The highest BCUT2D eigenvalue weighted by molar-refractivity contribution is 7.89. The summed E-state index contributed by atoms with van der Waals surface area (Å²) in [6.45, 7) is 0.882. The minimum absolute atomic E-state index is 0.0833. The number of nitro groups is 1. The maximum absolute atomic E-state index is 12.5. The van der Waals surface area contributed by atoms with Gasteiger partial charge >= 0.3 is 0 Å². The number of nitrogens with one attached hydrogen (secondary N) is 2. The third kappa shape index (κ3) is 3.69. The molecule has 1 aliphatic heterocycles. The van der Waals surface area contributed by atoms with E-state index < -0.39 is 14.9 Å². The zero-order chi connectivity index (χ0) is 17.9. The standard InChI is InChI=1S/C15H17N5O4S/c21-20(22)15-10-13(25(23,24)19-8-1-2-9-19)5-6-14(15)18-17-11-12-4-3-7-16-12/h3-7,10-11,16,18H,1-2,8-9H2. The molecule has 0 radical (unpaired) electrons. The second-order valence-corrected chi connectivity index (χ2v) is 7.48. The summed E-state index contributed by atoms with van der Waals surface area (Å²) >= 11 is 0. The van der Waals surface area contributed by atoms with Gasteiger partial charge in [-0.3, -0.25) is 15.5 Å². The zero-order valence-corrected chi connectivity index (χ0v) is 14.1. The molecule has 132 valence electrons. The highest BCUT2D eigenvalue weighted by atomic mass is 32.2. The molecular weight excluding hydrogens is 346 g/mol. The molecule has 1 aromatic heterocycles. The van der Waals surface area contributed by atoms with Crippen LogP contribution in [0.25, 0.3) is 0 Å². The van der Waals surface area contributed by atoms with Crippen molar-refractivity contribution in [2.24, 2.45) is 5.10 Å². The Labute approximate surface area is 144 Å². The second-order valence-electron chi connectivity index (χ2n) is 5.54. The zero-order valence-electron chi connectivity index (χ0n) is 13.3. The predicted molar refractivity (Wildman–Crippen MR) is 93.1 cm³/mol. The number of nitro benzene ring substituents is 1. The van der Waals surface area contributed by atoms with Crippen LogP contribution in [0.5, 0.6) is 0 Å². The highest BCUT2D eigenvalue weighted by Crippen LogP contribution is 2.30. The first-order chi connectivity index (χ1) is 12.0. The molecule has 1 fully saturated rings. The Morgan fingerprint density at radius 3 is 2.68 bits per heavy atom. The van der Waals surface area contributed by atoms with Gasteiger partial charge in [-0.05, 0) is 37.1 Å². The average Bonchev–Trinajstić information content (AvgIpc) is 3.28. The largest absolute Gasteiger partial charge is 0.360 e. The molecule has 1 aliphatic rings. The SMILES string of the molecule is O=[N+]([O-])c1cc(S(=O)(=O)N2CCCC2)ccc1NN=Cc1ccc[nH]1. The first kappa shape index (κ1) is 17.1. The van der Waals surface area contributed by atoms with Gasteiger partial charge in [0.1, 0.15) is 5.69 Å². The molecule has 2 heterocycles. The van der Waals surface area contributed by atoms with Crippen LogP contribution in [0.2, 0.25) is 0 Å². The summed E-state index contributed by atoms with van der Waals surface area (Å²) < 4.78 is 26.4. The monoisotopic (exact) mass is 363 g/mol. The molecule has 2 N–H and O–H groups in total. The van der Waals surface area contributed by atoms with Crippen LogP contribution in [0.1, 0.15) is 18.5 Å². The highest BCUT2D eigenvalue weighted by Gasteiger charge is 2.29. The Morgan fingerprint density at radius 1 is 1.28 bits per heavy atom. The van der Waals surface area contributed by atoms with Crippen molar-refractivity contribution in [1.82, 2.24) is 9.29 Å². The maximum Gasteiger partial charge on any atom is 0.295 e. The van der Waals surface area contributed by atoms with Crippen LogP contribution < -0.4 is 5.43 Å². The molecule has 1 saturated heterocycles. The van der Waals surface area contributed by atoms with E-state index in [1.165, 1.54) is 22.7 Å². The Bertz CT molecular complexity index is 887. The van der Waals surface area contributed by atoms with Gasteiger partial charge in [-0.2, -0.15) is 9.41 Å². The molecule has 0 unspecified atom stereocenters. The number of benzene rings is 1. The smallest absolute Gasteiger partial charge is 0.295 e. The summed E-state index contributed by atoms with van der Waals surface area (Å²) in [6.07, 6.45) is 4.79. The Hall–Kier alpha value is -2.72. The normalized spacial score (nSPS) is 15.7. The summed E-state index contributed by atoms with van der Waals surface area (Å²) in [4.78, 5) is 13.5. The van der Waals surface area contributed by atoms with Crippen LogP contribution in [-0.2, 0) is 10.0 Å². The Balaban J connectivity index is 1.86. The number of H-pyrrole nitrogens is 1. The first-order valence-electron chi connectivity index (χ1n) is 7.69. The number of anilines is 1. The molecule has 10 heteroatoms. The molecule has 2 aromatic rings. The van der Waals surface area contributed by atoms with Crippen molar-refractivity contribution >= 4 is 27.6 Å². The van der Waals surface area contributed by atoms with E-state index in [1.807, 2.05) is 0 Å². The fourth-order valence-corrected chi connectivity index (χ4v) is 4.13. The van der Waals surface area contributed by atoms with E-state index in [-0.39, 0.29) is 16.3 Å². The van der Waals surface area contributed by atoms with Gasteiger partial charge in [-0.1, -0.05) is 0 Å². The van der Waals surface area contributed by atoms with E-state index in [1.54, 1.807) is 18.3 Å². The van der Waals surface area contributed by atoms with Gasteiger partial charge in [0.05, 0.1) is 21.7 Å². The molecule has 0 bridgehead atoms. The number of hydrazone groups is 1. The van der Waals surface area contributed by atoms with Crippen molar-refractivity contribution < 1.29 is 13.3 Å². The third-order valence-electron chi connectivity index (χ3n) is 3.88. The molecule has 0 spiro atoms. The number of rotatable bonds is 6. The first-order valence-corrected chi connectivity index (χ1v) is 9.13. The summed E-state index contributed by atoms with van der Waals surface area (Å²) in [5.41, 5.74) is 3.08. The number of hydrogen-bond donors (Lipinski definition) is 2. The lowest BCUT2D eigenvalue weighted by molar-refractivity contribution is -0.384. The summed E-state index contributed by atoms with van der Waals surface area (Å²) in [6, 6.07) is 7.35. The van der Waals surface area contributed by atoms with Gasteiger partial charge in [0.2, 0.25) is 10.0 Å². The molecule has 1 aromatic carbocycles. The number of aromatic nitrogens is 1. The van der Waals surface area contributed by atoms with Crippen LogP contribution in [0.3, 0.4) is 0 Å². The van der Waals surface area contributed by atoms with E-state index in [0.29, 0.717) is 13.1 Å². The fourth-order valence-electron chi connectivity index (χ4n) is 2.59. The van der Waals surface area contributed by atoms with Crippen LogP contribution in [0.4, 0.5) is 11.4 Å². The van der Waals surface area contributed by atoms with Gasteiger partial charge in [-0.25, -0.2) is 8.42 Å². The van der Waals surface area contributed by atoms with Gasteiger partial charge in [0.25, 0.3) is 5.69 Å². The number of hydrogen-bond acceptors (Lipinski definition) is 6. The number of nitrogens with zero attached hydrogens (tertiary/aromatic N) is 3. The maximum atomic E-state index is 12.5. The number of sulfonamides is 1. The van der Waals surface area contributed by atoms with Crippen molar-refractivity contribution in [2.75, 3.05) is 18.5 Å². The Morgan fingerprint density at radius 2 is 2.04 bits per heavy atom. The minimum Gasteiger partial charge on any atom is -0.360 e. The van der Waals surface area contributed by atoms with E-state index in [0.717, 1.165) is 24.6 Å². The van der Waals surface area contributed by atoms with E-state index >= 15 is 0 Å². The number of aromatic amines is 1. The predicted octanol–water partition coefficient (Wildman–Crippen LogP) is 2.15. The molecule has 3 rings (SSSR count). The van der Waals surface area contributed by atoms with Gasteiger partial charge in [0.15, 0.2) is 0 Å². The molecule has 0 saturated carbocycles. The van der Waals surface area contributed by atoms with Crippen LogP contribution in [0.15, 0.2) is 46.5 Å². The lowest BCUT2D eigenvalue weighted by Crippen LogP contribution is -2.27. The summed E-state index contributed by atoms with van der Waals surface area (Å²) in [7, 11) is -3.71. The molecule has 25 heavy (non-hydrogen) atoms. The van der Waals surface area contributed by atoms with E-state index in [4.69, 9.17) is 0 Å². The molecular formula is C15H17N5O4S. The van der Waals surface area contributed by atoms with Gasteiger partial charge in [-0.15, -0.1) is 0 Å². The van der Waals surface area contributed by atoms with Crippen molar-refractivity contribution in [3.63, 3.8) is 0 Å². The lowest BCUT2D eigenvalue weighted by Gasteiger charge is -2.15. The van der Waals surface area contributed by atoms with Crippen molar-refractivity contribution in [2.45, 2.75) is 17.7 Å². The van der Waals surface area contributed by atoms with Gasteiger partial charge in [0, 0.05) is 25.4 Å². The minimum atomic E-state index is -3.71. The van der Waals surface area contributed by atoms with E-state index in [2.05, 4.69) is 15.5 Å². The van der Waals surface area contributed by atoms with Crippen LogP contribution >= 0.6 is 0 Å². The third-order valence-corrected chi connectivity index (χ3v) is 5.77. The molecule has 0 aliphatic carbocycles.